The van der Waals surface area contributed by atoms with Crippen molar-refractivity contribution in [1.82, 2.24) is 0 Å². The van der Waals surface area contributed by atoms with Crippen LogP contribution in [0.15, 0.2) is 0 Å². The second kappa shape index (κ2) is 6.63. The van der Waals surface area contributed by atoms with Crippen LogP contribution in [-0.4, -0.2) is 36.7 Å². The average molecular weight is 284 g/mol. The van der Waals surface area contributed by atoms with Crippen LogP contribution in [0.1, 0.15) is 40.0 Å². The number of esters is 2. The predicted molar refractivity (Wildman–Crippen MR) is 68.7 cm³/mol. The van der Waals surface area contributed by atoms with Crippen LogP contribution in [0, 0.1) is 11.3 Å². The lowest BCUT2D eigenvalue weighted by Gasteiger charge is -2.34. The van der Waals surface area contributed by atoms with Crippen LogP contribution >= 0.6 is 0 Å². The molecule has 6 nitrogen and oxygen atoms in total. The molecule has 0 heterocycles. The first-order valence-electron chi connectivity index (χ1n) is 6.82. The van der Waals surface area contributed by atoms with Gasteiger partial charge in [0.15, 0.2) is 5.78 Å². The van der Waals surface area contributed by atoms with Crippen LogP contribution in [0.4, 0.5) is 0 Å². The molecule has 0 aromatic rings. The first kappa shape index (κ1) is 16.3. The summed E-state index contributed by atoms with van der Waals surface area (Å²) in [6, 6.07) is 0. The van der Waals surface area contributed by atoms with Crippen molar-refractivity contribution in [2.75, 3.05) is 13.2 Å². The lowest BCUT2D eigenvalue weighted by Crippen LogP contribution is -2.49. The van der Waals surface area contributed by atoms with E-state index in [1.807, 2.05) is 0 Å². The fourth-order valence-electron chi connectivity index (χ4n) is 2.39. The number of hydrogen-bond donors (Lipinski definition) is 0. The molecular weight excluding hydrogens is 264 g/mol. The van der Waals surface area contributed by atoms with Crippen LogP contribution in [0.25, 0.3) is 0 Å². The zero-order valence-electron chi connectivity index (χ0n) is 12.1. The van der Waals surface area contributed by atoms with Gasteiger partial charge in [-0.1, -0.05) is 6.92 Å². The Balaban J connectivity index is 2.96. The Morgan fingerprint density at radius 1 is 1.15 bits per heavy atom. The minimum Gasteiger partial charge on any atom is -0.465 e. The van der Waals surface area contributed by atoms with Crippen molar-refractivity contribution in [3.63, 3.8) is 0 Å². The second-order valence-electron chi connectivity index (χ2n) is 4.73. The van der Waals surface area contributed by atoms with Gasteiger partial charge in [-0.25, -0.2) is 0 Å². The normalized spacial score (nSPS) is 26.2. The number of Topliss-reactive ketones (excluding diaryl/α,β-unsaturated/α-hetero) is 2. The van der Waals surface area contributed by atoms with Crippen molar-refractivity contribution in [3.05, 3.63) is 0 Å². The lowest BCUT2D eigenvalue weighted by molar-refractivity contribution is -0.170. The number of rotatable bonds is 5. The highest BCUT2D eigenvalue weighted by Gasteiger charge is 2.53. The molecule has 0 saturated heterocycles. The van der Waals surface area contributed by atoms with E-state index in [9.17, 15) is 19.2 Å². The van der Waals surface area contributed by atoms with E-state index in [1.165, 1.54) is 0 Å². The summed E-state index contributed by atoms with van der Waals surface area (Å²) in [5.74, 6) is -3.31. The molecule has 1 saturated carbocycles. The molecule has 1 aliphatic rings. The number of ether oxygens (including phenoxy) is 2. The molecule has 0 aromatic heterocycles. The van der Waals surface area contributed by atoms with Gasteiger partial charge in [0.05, 0.1) is 13.2 Å². The average Bonchev–Trinajstić information content (AvgIpc) is 2.41. The maximum Gasteiger partial charge on any atom is 0.320 e. The van der Waals surface area contributed by atoms with Crippen molar-refractivity contribution in [2.45, 2.75) is 40.0 Å². The number of ketones is 2. The van der Waals surface area contributed by atoms with Crippen LogP contribution in [0.5, 0.6) is 0 Å². The topological polar surface area (TPSA) is 86.7 Å². The lowest BCUT2D eigenvalue weighted by atomic mass is 9.67. The Morgan fingerprint density at radius 3 is 2.25 bits per heavy atom. The van der Waals surface area contributed by atoms with Gasteiger partial charge in [-0.15, -0.1) is 0 Å². The molecule has 6 heteroatoms. The zero-order valence-corrected chi connectivity index (χ0v) is 12.1. The highest BCUT2D eigenvalue weighted by Crippen LogP contribution is 2.38. The number of carbonyl (C=O) groups excluding carboxylic acids is 4. The van der Waals surface area contributed by atoms with Gasteiger partial charge < -0.3 is 9.47 Å². The first-order valence-corrected chi connectivity index (χ1v) is 6.82. The van der Waals surface area contributed by atoms with Crippen molar-refractivity contribution in [2.24, 2.45) is 11.3 Å². The SMILES string of the molecule is CCOC(=O)C1CC(=O)C(CC)(C(=O)OCC)CC1=O. The van der Waals surface area contributed by atoms with Gasteiger partial charge in [-0.3, -0.25) is 19.2 Å². The van der Waals surface area contributed by atoms with Gasteiger partial charge in [0.2, 0.25) is 0 Å². The van der Waals surface area contributed by atoms with E-state index in [0.717, 1.165) is 0 Å². The van der Waals surface area contributed by atoms with Crippen molar-refractivity contribution in [3.8, 4) is 0 Å². The van der Waals surface area contributed by atoms with Gasteiger partial charge in [-0.2, -0.15) is 0 Å². The maximum atomic E-state index is 12.3. The van der Waals surface area contributed by atoms with Crippen molar-refractivity contribution in [1.29, 1.82) is 0 Å². The van der Waals surface area contributed by atoms with Gasteiger partial charge >= 0.3 is 11.9 Å². The first-order chi connectivity index (χ1) is 9.42. The Bertz CT molecular complexity index is 427. The van der Waals surface area contributed by atoms with E-state index >= 15 is 0 Å². The summed E-state index contributed by atoms with van der Waals surface area (Å²) in [7, 11) is 0. The minimum absolute atomic E-state index is 0.142. The van der Waals surface area contributed by atoms with Crippen LogP contribution in [-0.2, 0) is 28.7 Å². The Morgan fingerprint density at radius 2 is 1.75 bits per heavy atom. The molecule has 1 aliphatic carbocycles. The summed E-state index contributed by atoms with van der Waals surface area (Å²) < 4.78 is 9.69. The molecule has 0 amide bonds. The Labute approximate surface area is 117 Å². The molecule has 1 rings (SSSR count). The fourth-order valence-corrected chi connectivity index (χ4v) is 2.39. The van der Waals surface area contributed by atoms with E-state index in [4.69, 9.17) is 9.47 Å². The van der Waals surface area contributed by atoms with Gasteiger partial charge in [0.25, 0.3) is 0 Å². The van der Waals surface area contributed by atoms with Crippen molar-refractivity contribution >= 4 is 23.5 Å². The second-order valence-corrected chi connectivity index (χ2v) is 4.73. The highest BCUT2D eigenvalue weighted by molar-refractivity contribution is 6.15. The smallest absolute Gasteiger partial charge is 0.320 e. The summed E-state index contributed by atoms with van der Waals surface area (Å²) in [5, 5.41) is 0. The third-order valence-corrected chi connectivity index (χ3v) is 3.63. The zero-order chi connectivity index (χ0) is 15.3. The molecule has 20 heavy (non-hydrogen) atoms. The number of carbonyl (C=O) groups is 4. The molecular formula is C14H20O6. The van der Waals surface area contributed by atoms with Gasteiger partial charge in [0.1, 0.15) is 17.1 Å². The highest BCUT2D eigenvalue weighted by atomic mass is 16.5. The number of hydrogen-bond acceptors (Lipinski definition) is 6. The van der Waals surface area contributed by atoms with Crippen LogP contribution < -0.4 is 0 Å². The third kappa shape index (κ3) is 2.89. The Hall–Kier alpha value is -1.72. The summed E-state index contributed by atoms with van der Waals surface area (Å²) in [4.78, 5) is 48.0. The van der Waals surface area contributed by atoms with E-state index in [0.29, 0.717) is 0 Å². The van der Waals surface area contributed by atoms with Crippen LogP contribution in [0.2, 0.25) is 0 Å². The van der Waals surface area contributed by atoms with E-state index in [-0.39, 0.29) is 32.5 Å². The molecule has 0 aromatic carbocycles. The van der Waals surface area contributed by atoms with Crippen LogP contribution in [0.3, 0.4) is 0 Å². The molecule has 0 N–H and O–H groups in total. The molecule has 2 unspecified atom stereocenters. The monoisotopic (exact) mass is 284 g/mol. The molecule has 0 spiro atoms. The minimum atomic E-state index is -1.43. The quantitative estimate of drug-likeness (QED) is 0.554. The van der Waals surface area contributed by atoms with E-state index in [1.54, 1.807) is 20.8 Å². The summed E-state index contributed by atoms with van der Waals surface area (Å²) >= 11 is 0. The fraction of sp³-hybridized carbons (Fsp3) is 0.714. The predicted octanol–water partition coefficient (Wildman–Crippen LogP) is 1.06. The molecule has 0 aliphatic heterocycles. The summed E-state index contributed by atoms with van der Waals surface area (Å²) in [6.07, 6.45) is -0.388. The van der Waals surface area contributed by atoms with E-state index in [2.05, 4.69) is 0 Å². The van der Waals surface area contributed by atoms with Gasteiger partial charge in [0, 0.05) is 12.8 Å². The molecule has 1 fully saturated rings. The third-order valence-electron chi connectivity index (χ3n) is 3.63. The van der Waals surface area contributed by atoms with Crippen molar-refractivity contribution < 1.29 is 28.7 Å². The summed E-state index contributed by atoms with van der Waals surface area (Å²) in [6.45, 7) is 5.21. The molecule has 112 valence electrons. The standard InChI is InChI=1S/C14H20O6/c1-4-14(13(18)20-6-3)8-10(15)9(7-11(14)16)12(17)19-5-2/h9H,4-8H2,1-3H3. The van der Waals surface area contributed by atoms with Gasteiger partial charge in [-0.05, 0) is 20.3 Å². The molecule has 0 radical (unpaired) electrons. The Kier molecular flexibility index (Phi) is 5.42. The molecule has 2 atom stereocenters. The summed E-state index contributed by atoms with van der Waals surface area (Å²) in [5.41, 5.74) is -1.43. The maximum absolute atomic E-state index is 12.3. The largest absolute Gasteiger partial charge is 0.465 e. The van der Waals surface area contributed by atoms with E-state index < -0.39 is 34.8 Å². The molecule has 0 bridgehead atoms.